The van der Waals surface area contributed by atoms with Gasteiger partial charge in [-0.3, -0.25) is 14.4 Å². The van der Waals surface area contributed by atoms with E-state index in [1.807, 2.05) is 24.3 Å². The highest BCUT2D eigenvalue weighted by atomic mass is 79.9. The summed E-state index contributed by atoms with van der Waals surface area (Å²) in [5.74, 6) is -3.77. The monoisotopic (exact) mass is 575 g/mol. The van der Waals surface area contributed by atoms with E-state index in [4.69, 9.17) is 9.84 Å². The van der Waals surface area contributed by atoms with Crippen molar-refractivity contribution in [2.24, 2.45) is 11.8 Å². The van der Waals surface area contributed by atoms with Crippen LogP contribution < -0.4 is 0 Å². The third-order valence-electron chi connectivity index (χ3n) is 7.75. The molecule has 2 amide bonds. The number of nitrogens with zero attached hydrogens (tertiary/aromatic N) is 5. The molecule has 3 unspecified atom stereocenters. The van der Waals surface area contributed by atoms with Crippen LogP contribution in [0.25, 0.3) is 11.0 Å². The number of unbranched alkanes of at least 4 members (excludes halogenated alkanes) is 2. The number of hydrogen-bond acceptors (Lipinski definition) is 7. The highest BCUT2D eigenvalue weighted by Gasteiger charge is 2.76. The second-order valence-electron chi connectivity index (χ2n) is 9.89. The molecule has 1 aromatic heterocycles. The van der Waals surface area contributed by atoms with E-state index >= 15 is 0 Å². The third kappa shape index (κ3) is 4.15. The van der Waals surface area contributed by atoms with Gasteiger partial charge in [0.05, 0.1) is 23.5 Å². The molecule has 3 fully saturated rings. The van der Waals surface area contributed by atoms with Gasteiger partial charge in [0, 0.05) is 24.5 Å². The van der Waals surface area contributed by atoms with Gasteiger partial charge < -0.3 is 24.7 Å². The molecule has 2 aromatic rings. The molecular weight excluding hydrogens is 546 g/mol. The van der Waals surface area contributed by atoms with Crippen molar-refractivity contribution >= 4 is 44.7 Å². The molecule has 1 aromatic carbocycles. The summed E-state index contributed by atoms with van der Waals surface area (Å²) in [6.07, 6.45) is 3.10. The molecule has 11 nitrogen and oxygen atoms in total. The number of halogens is 1. The SMILES string of the molecule is C=CCN(Cn1nnc2ccccc21)C(=O)C1N(CCCCCO)C(=O)[C@@H]2[C@@H](C(=O)O)[C@@H]3OC12CC3Br. The fourth-order valence-corrected chi connectivity index (χ4v) is 7.17. The molecule has 3 aliphatic heterocycles. The second kappa shape index (κ2) is 10.1. The van der Waals surface area contributed by atoms with Gasteiger partial charge in [-0.1, -0.05) is 39.4 Å². The average Bonchev–Trinajstić information content (AvgIpc) is 3.59. The molecule has 0 radical (unpaired) electrons. The summed E-state index contributed by atoms with van der Waals surface area (Å²) in [5, 5.41) is 27.6. The number of alkyl halides is 1. The lowest BCUT2D eigenvalue weighted by atomic mass is 9.70. The Morgan fingerprint density at radius 3 is 2.81 bits per heavy atom. The number of carboxylic acid groups (broad SMARTS) is 1. The standard InChI is InChI=1S/C25H30BrN5O6/c1-2-10-29(14-31-17-9-5-4-8-16(17)27-28-31)23(34)21-25-13-15(26)20(37-25)18(24(35)36)19(25)22(33)30(21)11-6-3-7-12-32/h2,4-5,8-9,15,18-21,32H,1,3,6-7,10-14H2,(H,35,36)/t15?,18-,19+,20-,21?,25?/m1/s1. The van der Waals surface area contributed by atoms with Crippen LogP contribution in [0.2, 0.25) is 0 Å². The Bertz CT molecular complexity index is 1220. The molecule has 2 N–H and O–H groups in total. The Labute approximate surface area is 222 Å². The summed E-state index contributed by atoms with van der Waals surface area (Å²) < 4.78 is 7.95. The number of fused-ring (bicyclic) bond motifs is 2. The van der Waals surface area contributed by atoms with Crippen LogP contribution >= 0.6 is 15.9 Å². The van der Waals surface area contributed by atoms with Gasteiger partial charge >= 0.3 is 5.97 Å². The summed E-state index contributed by atoms with van der Waals surface area (Å²) in [6, 6.07) is 6.43. The lowest BCUT2D eigenvalue weighted by molar-refractivity contribution is -0.151. The minimum Gasteiger partial charge on any atom is -0.481 e. The molecule has 6 atom stereocenters. The number of carbonyl (C=O) groups excluding carboxylic acids is 2. The number of hydrogen-bond donors (Lipinski definition) is 2. The van der Waals surface area contributed by atoms with Crippen molar-refractivity contribution in [2.75, 3.05) is 19.7 Å². The first kappa shape index (κ1) is 25.8. The molecule has 2 bridgehead atoms. The van der Waals surface area contributed by atoms with Crippen LogP contribution in [0.4, 0.5) is 0 Å². The smallest absolute Gasteiger partial charge is 0.310 e. The summed E-state index contributed by atoms with van der Waals surface area (Å²) in [6.45, 7) is 4.40. The number of aliphatic carboxylic acids is 1. The highest BCUT2D eigenvalue weighted by molar-refractivity contribution is 9.09. The quantitative estimate of drug-likeness (QED) is 0.233. The van der Waals surface area contributed by atoms with Crippen molar-refractivity contribution in [3.8, 4) is 0 Å². The number of carboxylic acids is 1. The number of para-hydroxylation sites is 1. The first-order chi connectivity index (χ1) is 17.8. The number of likely N-dealkylation sites (tertiary alicyclic amines) is 1. The number of aliphatic hydroxyl groups is 1. The van der Waals surface area contributed by atoms with Gasteiger partial charge in [0.2, 0.25) is 11.8 Å². The van der Waals surface area contributed by atoms with E-state index in [-0.39, 0.29) is 43.0 Å². The normalized spacial score (nSPS) is 30.2. The van der Waals surface area contributed by atoms with Gasteiger partial charge in [-0.05, 0) is 37.8 Å². The number of ether oxygens (including phenoxy) is 1. The summed E-state index contributed by atoms with van der Waals surface area (Å²) in [4.78, 5) is 43.1. The molecule has 3 aliphatic rings. The fourth-order valence-electron chi connectivity index (χ4n) is 6.23. The maximum Gasteiger partial charge on any atom is 0.310 e. The molecule has 5 rings (SSSR count). The highest BCUT2D eigenvalue weighted by Crippen LogP contribution is 2.60. The van der Waals surface area contributed by atoms with Gasteiger partial charge in [-0.25, -0.2) is 4.68 Å². The zero-order valence-electron chi connectivity index (χ0n) is 20.3. The van der Waals surface area contributed by atoms with E-state index in [0.717, 1.165) is 5.52 Å². The lowest BCUT2D eigenvalue weighted by Crippen LogP contribution is -2.57. The van der Waals surface area contributed by atoms with Crippen LogP contribution in [-0.2, 0) is 25.8 Å². The van der Waals surface area contributed by atoms with Crippen LogP contribution in [-0.4, -0.2) is 95.1 Å². The van der Waals surface area contributed by atoms with E-state index in [0.29, 0.717) is 31.2 Å². The number of carbonyl (C=O) groups is 3. The van der Waals surface area contributed by atoms with Crippen molar-refractivity contribution < 1.29 is 29.3 Å². The summed E-state index contributed by atoms with van der Waals surface area (Å²) in [5.41, 5.74) is 0.211. The Hall–Kier alpha value is -2.83. The predicted molar refractivity (Wildman–Crippen MR) is 135 cm³/mol. The fraction of sp³-hybridized carbons (Fsp3) is 0.560. The number of amides is 2. The van der Waals surface area contributed by atoms with E-state index in [1.54, 1.807) is 15.7 Å². The minimum atomic E-state index is -1.24. The van der Waals surface area contributed by atoms with Crippen LogP contribution in [0.5, 0.6) is 0 Å². The topological polar surface area (TPSA) is 138 Å². The van der Waals surface area contributed by atoms with E-state index < -0.39 is 35.6 Å². The average molecular weight is 576 g/mol. The first-order valence-electron chi connectivity index (χ1n) is 12.5. The Morgan fingerprint density at radius 2 is 2.08 bits per heavy atom. The second-order valence-corrected chi connectivity index (χ2v) is 11.1. The zero-order chi connectivity index (χ0) is 26.3. The maximum absolute atomic E-state index is 14.3. The number of aliphatic hydroxyl groups excluding tert-OH is 1. The Balaban J connectivity index is 1.51. The summed E-state index contributed by atoms with van der Waals surface area (Å²) in [7, 11) is 0. The lowest BCUT2D eigenvalue weighted by Gasteiger charge is -2.37. The van der Waals surface area contributed by atoms with Gasteiger partial charge in [0.1, 0.15) is 23.8 Å². The number of rotatable bonds is 11. The molecule has 12 heteroatoms. The maximum atomic E-state index is 14.3. The van der Waals surface area contributed by atoms with E-state index in [2.05, 4.69) is 32.8 Å². The van der Waals surface area contributed by atoms with Crippen molar-refractivity contribution in [3.05, 3.63) is 36.9 Å². The van der Waals surface area contributed by atoms with Crippen LogP contribution in [0.3, 0.4) is 0 Å². The minimum absolute atomic E-state index is 0.0407. The molecular formula is C25H30BrN5O6. The van der Waals surface area contributed by atoms with Gasteiger partial charge in [-0.15, -0.1) is 11.7 Å². The Kier molecular flexibility index (Phi) is 7.08. The molecule has 37 heavy (non-hydrogen) atoms. The predicted octanol–water partition coefficient (Wildman–Crippen LogP) is 1.40. The van der Waals surface area contributed by atoms with E-state index in [1.165, 1.54) is 4.90 Å². The summed E-state index contributed by atoms with van der Waals surface area (Å²) >= 11 is 3.56. The molecule has 0 aliphatic carbocycles. The largest absolute Gasteiger partial charge is 0.481 e. The molecule has 4 heterocycles. The van der Waals surface area contributed by atoms with E-state index in [9.17, 15) is 19.5 Å². The first-order valence-corrected chi connectivity index (χ1v) is 13.4. The van der Waals surface area contributed by atoms with Gasteiger partial charge in [0.25, 0.3) is 0 Å². The van der Waals surface area contributed by atoms with Crippen molar-refractivity contribution in [2.45, 2.75) is 54.9 Å². The molecule has 0 saturated carbocycles. The third-order valence-corrected chi connectivity index (χ3v) is 8.60. The van der Waals surface area contributed by atoms with Gasteiger partial charge in [-0.2, -0.15) is 0 Å². The number of aromatic nitrogens is 3. The van der Waals surface area contributed by atoms with Crippen molar-refractivity contribution in [3.63, 3.8) is 0 Å². The Morgan fingerprint density at radius 1 is 1.30 bits per heavy atom. The molecule has 3 saturated heterocycles. The van der Waals surface area contributed by atoms with Gasteiger partial charge in [0.15, 0.2) is 0 Å². The molecule has 198 valence electrons. The van der Waals surface area contributed by atoms with Crippen LogP contribution in [0, 0.1) is 11.8 Å². The zero-order valence-corrected chi connectivity index (χ0v) is 21.9. The van der Waals surface area contributed by atoms with Crippen molar-refractivity contribution in [1.29, 1.82) is 0 Å². The van der Waals surface area contributed by atoms with Crippen LogP contribution in [0.1, 0.15) is 25.7 Å². The molecule has 1 spiro atoms. The number of benzene rings is 1. The van der Waals surface area contributed by atoms with Crippen LogP contribution in [0.15, 0.2) is 36.9 Å². The van der Waals surface area contributed by atoms with Crippen molar-refractivity contribution in [1.82, 2.24) is 24.8 Å².